The van der Waals surface area contributed by atoms with E-state index in [2.05, 4.69) is 10.2 Å². The maximum atomic E-state index is 12.6. The Morgan fingerprint density at radius 3 is 2.52 bits per heavy atom. The molecule has 2 rings (SSSR count). The number of benzene rings is 1. The number of anilines is 2. The van der Waals surface area contributed by atoms with E-state index in [1.165, 1.54) is 0 Å². The minimum absolute atomic E-state index is 0.257. The zero-order valence-corrected chi connectivity index (χ0v) is 12.2. The van der Waals surface area contributed by atoms with E-state index in [-0.39, 0.29) is 5.13 Å². The first-order chi connectivity index (χ1) is 9.91. The molecule has 0 aliphatic heterocycles. The summed E-state index contributed by atoms with van der Waals surface area (Å²) in [5.41, 5.74) is 7.34. The van der Waals surface area contributed by atoms with E-state index in [0.29, 0.717) is 30.1 Å². The molecule has 0 bridgehead atoms. The summed E-state index contributed by atoms with van der Waals surface area (Å²) in [7, 11) is 0. The van der Waals surface area contributed by atoms with Crippen LogP contribution in [0.25, 0.3) is 0 Å². The van der Waals surface area contributed by atoms with E-state index < -0.39 is 11.2 Å². The maximum Gasteiger partial charge on any atom is 0.445 e. The average molecular weight is 316 g/mol. The summed E-state index contributed by atoms with van der Waals surface area (Å²) in [6.45, 7) is 2.95. The Hall–Kier alpha value is -1.83. The van der Waals surface area contributed by atoms with Gasteiger partial charge in [0.2, 0.25) is 10.1 Å². The zero-order chi connectivity index (χ0) is 15.5. The highest BCUT2D eigenvalue weighted by Crippen LogP contribution is 2.34. The smallest absolute Gasteiger partial charge is 0.398 e. The second-order valence-electron chi connectivity index (χ2n) is 4.51. The standard InChI is InChI=1S/C13H15F3N4S/c1-2-7-20(8-9-5-3-4-6-10(9)17)12-19-18-11(21-12)13(14,15)16/h3-6H,2,7-8,17H2,1H3. The Labute approximate surface area is 124 Å². The fraction of sp³-hybridized carbons (Fsp3) is 0.385. The summed E-state index contributed by atoms with van der Waals surface area (Å²) in [5, 5.41) is 6.21. The number of nitrogen functional groups attached to an aromatic ring is 1. The molecule has 0 aliphatic carbocycles. The topological polar surface area (TPSA) is 55.0 Å². The van der Waals surface area contributed by atoms with E-state index in [4.69, 9.17) is 5.73 Å². The van der Waals surface area contributed by atoms with Crippen molar-refractivity contribution in [2.24, 2.45) is 0 Å². The lowest BCUT2D eigenvalue weighted by atomic mass is 10.1. The summed E-state index contributed by atoms with van der Waals surface area (Å²) in [5.74, 6) is 0. The minimum atomic E-state index is -4.46. The second-order valence-corrected chi connectivity index (χ2v) is 5.46. The number of para-hydroxylation sites is 1. The van der Waals surface area contributed by atoms with Crippen molar-refractivity contribution in [3.63, 3.8) is 0 Å². The predicted molar refractivity (Wildman–Crippen MR) is 77.1 cm³/mol. The predicted octanol–water partition coefficient (Wildman–Crippen LogP) is 3.56. The van der Waals surface area contributed by atoms with Crippen LogP contribution in [0.3, 0.4) is 0 Å². The number of aromatic nitrogens is 2. The third kappa shape index (κ3) is 3.84. The molecule has 0 spiro atoms. The highest BCUT2D eigenvalue weighted by Gasteiger charge is 2.36. The molecule has 0 saturated carbocycles. The molecular weight excluding hydrogens is 301 g/mol. The van der Waals surface area contributed by atoms with Gasteiger partial charge in [-0.05, 0) is 18.1 Å². The number of alkyl halides is 3. The van der Waals surface area contributed by atoms with Crippen LogP contribution in [0, 0.1) is 0 Å². The number of hydrogen-bond acceptors (Lipinski definition) is 5. The second kappa shape index (κ2) is 6.30. The van der Waals surface area contributed by atoms with Gasteiger partial charge in [-0.15, -0.1) is 10.2 Å². The zero-order valence-electron chi connectivity index (χ0n) is 11.4. The van der Waals surface area contributed by atoms with E-state index in [1.54, 1.807) is 11.0 Å². The van der Waals surface area contributed by atoms with Crippen molar-refractivity contribution in [1.82, 2.24) is 10.2 Å². The van der Waals surface area contributed by atoms with Gasteiger partial charge >= 0.3 is 6.18 Å². The van der Waals surface area contributed by atoms with Crippen molar-refractivity contribution >= 4 is 22.2 Å². The van der Waals surface area contributed by atoms with Crippen LogP contribution >= 0.6 is 11.3 Å². The number of nitrogens with two attached hydrogens (primary N) is 1. The highest BCUT2D eigenvalue weighted by molar-refractivity contribution is 7.15. The van der Waals surface area contributed by atoms with Gasteiger partial charge in [0.1, 0.15) is 0 Å². The number of nitrogens with zero attached hydrogens (tertiary/aromatic N) is 3. The van der Waals surface area contributed by atoms with Crippen molar-refractivity contribution in [3.05, 3.63) is 34.8 Å². The summed E-state index contributed by atoms with van der Waals surface area (Å²) < 4.78 is 37.8. The fourth-order valence-corrected chi connectivity index (χ4v) is 2.59. The monoisotopic (exact) mass is 316 g/mol. The van der Waals surface area contributed by atoms with Crippen LogP contribution in [0.1, 0.15) is 23.9 Å². The minimum Gasteiger partial charge on any atom is -0.398 e. The Morgan fingerprint density at radius 2 is 1.95 bits per heavy atom. The largest absolute Gasteiger partial charge is 0.445 e. The normalized spacial score (nSPS) is 11.6. The third-order valence-electron chi connectivity index (χ3n) is 2.84. The van der Waals surface area contributed by atoms with Crippen LogP contribution in [-0.2, 0) is 12.7 Å². The molecule has 114 valence electrons. The molecule has 21 heavy (non-hydrogen) atoms. The van der Waals surface area contributed by atoms with Gasteiger partial charge in [-0.1, -0.05) is 36.5 Å². The number of hydrogen-bond donors (Lipinski definition) is 1. The lowest BCUT2D eigenvalue weighted by Crippen LogP contribution is -2.23. The van der Waals surface area contributed by atoms with Crippen LogP contribution < -0.4 is 10.6 Å². The molecule has 1 aromatic carbocycles. The highest BCUT2D eigenvalue weighted by atomic mass is 32.1. The van der Waals surface area contributed by atoms with Gasteiger partial charge in [0.15, 0.2) is 0 Å². The third-order valence-corrected chi connectivity index (χ3v) is 3.87. The van der Waals surface area contributed by atoms with Crippen molar-refractivity contribution in [1.29, 1.82) is 0 Å². The van der Waals surface area contributed by atoms with Crippen LogP contribution in [0.15, 0.2) is 24.3 Å². The van der Waals surface area contributed by atoms with Gasteiger partial charge in [-0.25, -0.2) is 0 Å². The Balaban J connectivity index is 2.23. The Kier molecular flexibility index (Phi) is 4.66. The van der Waals surface area contributed by atoms with Crippen LogP contribution in [0.5, 0.6) is 0 Å². The first kappa shape index (κ1) is 15.6. The fourth-order valence-electron chi connectivity index (χ4n) is 1.85. The van der Waals surface area contributed by atoms with Gasteiger partial charge in [0.05, 0.1) is 0 Å². The molecule has 0 unspecified atom stereocenters. The molecule has 4 nitrogen and oxygen atoms in total. The van der Waals surface area contributed by atoms with Gasteiger partial charge in [0.25, 0.3) is 0 Å². The molecule has 2 aromatic rings. The van der Waals surface area contributed by atoms with Gasteiger partial charge < -0.3 is 10.6 Å². The van der Waals surface area contributed by atoms with Gasteiger partial charge in [-0.3, -0.25) is 0 Å². The average Bonchev–Trinajstić information content (AvgIpc) is 2.90. The lowest BCUT2D eigenvalue weighted by Gasteiger charge is -2.21. The number of rotatable bonds is 5. The van der Waals surface area contributed by atoms with Crippen LogP contribution in [0.4, 0.5) is 24.0 Å². The van der Waals surface area contributed by atoms with E-state index in [9.17, 15) is 13.2 Å². The molecule has 0 atom stereocenters. The summed E-state index contributed by atoms with van der Waals surface area (Å²) >= 11 is 0.551. The Bertz CT molecular complexity index is 597. The molecule has 0 saturated heterocycles. The number of halogens is 3. The molecule has 0 radical (unpaired) electrons. The summed E-state index contributed by atoms with van der Waals surface area (Å²) in [6, 6.07) is 7.27. The molecule has 1 heterocycles. The maximum absolute atomic E-state index is 12.6. The van der Waals surface area contributed by atoms with Crippen molar-refractivity contribution < 1.29 is 13.2 Å². The molecular formula is C13H15F3N4S. The SMILES string of the molecule is CCCN(Cc1ccccc1N)c1nnc(C(F)(F)F)s1. The summed E-state index contributed by atoms with van der Waals surface area (Å²) in [6.07, 6.45) is -3.67. The van der Waals surface area contributed by atoms with E-state index >= 15 is 0 Å². The lowest BCUT2D eigenvalue weighted by molar-refractivity contribution is -0.138. The molecule has 0 amide bonds. The first-order valence-electron chi connectivity index (χ1n) is 6.41. The van der Waals surface area contributed by atoms with Gasteiger partial charge in [-0.2, -0.15) is 13.2 Å². The molecule has 8 heteroatoms. The van der Waals surface area contributed by atoms with Crippen LogP contribution in [0.2, 0.25) is 0 Å². The molecule has 0 fully saturated rings. The van der Waals surface area contributed by atoms with Crippen molar-refractivity contribution in [2.45, 2.75) is 26.1 Å². The van der Waals surface area contributed by atoms with Crippen molar-refractivity contribution in [2.75, 3.05) is 17.2 Å². The molecule has 0 aliphatic rings. The van der Waals surface area contributed by atoms with Gasteiger partial charge in [0, 0.05) is 18.8 Å². The van der Waals surface area contributed by atoms with E-state index in [0.717, 1.165) is 12.0 Å². The summed E-state index contributed by atoms with van der Waals surface area (Å²) in [4.78, 5) is 1.76. The Morgan fingerprint density at radius 1 is 1.24 bits per heavy atom. The molecule has 2 N–H and O–H groups in total. The van der Waals surface area contributed by atoms with Crippen LogP contribution in [-0.4, -0.2) is 16.7 Å². The van der Waals surface area contributed by atoms with E-state index in [1.807, 2.05) is 25.1 Å². The van der Waals surface area contributed by atoms with Crippen molar-refractivity contribution in [3.8, 4) is 0 Å². The first-order valence-corrected chi connectivity index (χ1v) is 7.22. The molecule has 1 aromatic heterocycles. The quantitative estimate of drug-likeness (QED) is 0.857.